The molecule has 0 spiro atoms. The fourth-order valence-electron chi connectivity index (χ4n) is 1.36. The van der Waals surface area contributed by atoms with Crippen LogP contribution in [-0.2, 0) is 4.79 Å². The fourth-order valence-corrected chi connectivity index (χ4v) is 1.36. The van der Waals surface area contributed by atoms with Crippen molar-refractivity contribution >= 4 is 24.0 Å². The summed E-state index contributed by atoms with van der Waals surface area (Å²) in [6.07, 6.45) is 5.45. The van der Waals surface area contributed by atoms with Crippen molar-refractivity contribution in [2.24, 2.45) is 11.0 Å². The molecule has 1 rings (SSSR count). The van der Waals surface area contributed by atoms with Crippen LogP contribution in [0.1, 0.15) is 43.1 Å². The number of benzene rings is 1. The minimum Gasteiger partial charge on any atom is -0.295 e. The van der Waals surface area contributed by atoms with Gasteiger partial charge in [0.25, 0.3) is 5.91 Å². The summed E-state index contributed by atoms with van der Waals surface area (Å²) in [5, 5.41) is 3.86. The number of amides is 1. The van der Waals surface area contributed by atoms with Crippen LogP contribution in [0.3, 0.4) is 0 Å². The number of carbonyl (C=O) groups excluding carboxylic acids is 2. The lowest BCUT2D eigenvalue weighted by molar-refractivity contribution is -0.114. The Hall–Kier alpha value is -2.23. The highest BCUT2D eigenvalue weighted by molar-refractivity contribution is 5.95. The first kappa shape index (κ1) is 15.8. The van der Waals surface area contributed by atoms with Crippen LogP contribution in [0.5, 0.6) is 0 Å². The van der Waals surface area contributed by atoms with Crippen molar-refractivity contribution in [3.8, 4) is 0 Å². The van der Waals surface area contributed by atoms with E-state index in [0.29, 0.717) is 17.9 Å². The Kier molecular flexibility index (Phi) is 6.37. The van der Waals surface area contributed by atoms with Crippen molar-refractivity contribution in [1.29, 1.82) is 0 Å². The summed E-state index contributed by atoms with van der Waals surface area (Å²) in [4.78, 5) is 22.9. The van der Waals surface area contributed by atoms with Gasteiger partial charge in [0.1, 0.15) is 0 Å². The number of carbonyl (C=O) groups is 2. The number of hydrogen-bond acceptors (Lipinski definition) is 3. The van der Waals surface area contributed by atoms with Crippen molar-refractivity contribution in [3.63, 3.8) is 0 Å². The summed E-state index contributed by atoms with van der Waals surface area (Å²) < 4.78 is 0. The lowest BCUT2D eigenvalue weighted by Crippen LogP contribution is -2.17. The molecule has 1 amide bonds. The highest BCUT2D eigenvalue weighted by atomic mass is 16.2. The van der Waals surface area contributed by atoms with Gasteiger partial charge in [0.15, 0.2) is 5.78 Å². The van der Waals surface area contributed by atoms with Crippen LogP contribution < -0.4 is 5.43 Å². The summed E-state index contributed by atoms with van der Waals surface area (Å²) in [5.41, 5.74) is 3.88. The molecule has 1 aromatic carbocycles. The third kappa shape index (κ3) is 5.61. The number of allylic oxidation sites excluding steroid dienone is 1. The monoisotopic (exact) mass is 272 g/mol. The summed E-state index contributed by atoms with van der Waals surface area (Å²) >= 11 is 0. The maximum Gasteiger partial charge on any atom is 0.271 e. The molecule has 0 saturated heterocycles. The highest BCUT2D eigenvalue weighted by Gasteiger charge is 2.03. The molecule has 0 atom stereocenters. The number of rotatable bonds is 6. The van der Waals surface area contributed by atoms with E-state index >= 15 is 0 Å². The van der Waals surface area contributed by atoms with Gasteiger partial charge in [0, 0.05) is 18.2 Å². The second-order valence-corrected chi connectivity index (χ2v) is 4.74. The van der Waals surface area contributed by atoms with E-state index in [4.69, 9.17) is 0 Å². The minimum absolute atomic E-state index is 0.0786. The molecule has 1 aromatic rings. The van der Waals surface area contributed by atoms with Crippen LogP contribution in [-0.4, -0.2) is 17.9 Å². The predicted molar refractivity (Wildman–Crippen MR) is 81.6 cm³/mol. The van der Waals surface area contributed by atoms with Gasteiger partial charge < -0.3 is 0 Å². The second kappa shape index (κ2) is 8.04. The Labute approximate surface area is 119 Å². The van der Waals surface area contributed by atoms with Crippen molar-refractivity contribution in [2.75, 3.05) is 0 Å². The maximum atomic E-state index is 11.8. The van der Waals surface area contributed by atoms with Gasteiger partial charge in [-0.1, -0.05) is 39.0 Å². The van der Waals surface area contributed by atoms with Crippen LogP contribution in [0, 0.1) is 5.92 Å². The van der Waals surface area contributed by atoms with Crippen LogP contribution in [0.4, 0.5) is 0 Å². The van der Waals surface area contributed by atoms with Gasteiger partial charge in [-0.05, 0) is 29.7 Å². The third-order valence-corrected chi connectivity index (χ3v) is 2.52. The summed E-state index contributed by atoms with van der Waals surface area (Å²) in [7, 11) is 0. The normalized spacial score (nSPS) is 11.4. The molecule has 0 fully saturated rings. The Morgan fingerprint density at radius 3 is 2.45 bits per heavy atom. The largest absolute Gasteiger partial charge is 0.295 e. The number of nitrogens with zero attached hydrogens (tertiary/aromatic N) is 1. The third-order valence-electron chi connectivity index (χ3n) is 2.52. The molecule has 4 heteroatoms. The van der Waals surface area contributed by atoms with E-state index in [2.05, 4.69) is 10.5 Å². The van der Waals surface area contributed by atoms with Gasteiger partial charge in [0.05, 0.1) is 0 Å². The van der Waals surface area contributed by atoms with Crippen molar-refractivity contribution in [3.05, 3.63) is 41.5 Å². The molecular weight excluding hydrogens is 252 g/mol. The zero-order chi connectivity index (χ0) is 15.0. The number of nitrogens with one attached hydrogen (secondary N) is 1. The average Bonchev–Trinajstić information content (AvgIpc) is 2.44. The van der Waals surface area contributed by atoms with E-state index in [-0.39, 0.29) is 11.7 Å². The van der Waals surface area contributed by atoms with Gasteiger partial charge in [-0.15, -0.1) is 0 Å². The molecule has 106 valence electrons. The van der Waals surface area contributed by atoms with Crippen LogP contribution in [0.2, 0.25) is 0 Å². The quantitative estimate of drug-likeness (QED) is 0.491. The smallest absolute Gasteiger partial charge is 0.271 e. The molecule has 1 N–H and O–H groups in total. The fraction of sp³-hybridized carbons (Fsp3) is 0.312. The summed E-state index contributed by atoms with van der Waals surface area (Å²) in [6.45, 7) is 5.78. The first-order valence-electron chi connectivity index (χ1n) is 6.67. The van der Waals surface area contributed by atoms with E-state index in [1.807, 2.05) is 20.8 Å². The Morgan fingerprint density at radius 2 is 1.90 bits per heavy atom. The van der Waals surface area contributed by atoms with E-state index in [9.17, 15) is 9.59 Å². The zero-order valence-corrected chi connectivity index (χ0v) is 12.1. The highest BCUT2D eigenvalue weighted by Crippen LogP contribution is 2.06. The van der Waals surface area contributed by atoms with E-state index in [1.54, 1.807) is 42.6 Å². The second-order valence-electron chi connectivity index (χ2n) is 4.74. The van der Waals surface area contributed by atoms with Crippen LogP contribution in [0.15, 0.2) is 35.4 Å². The molecule has 0 aliphatic carbocycles. The van der Waals surface area contributed by atoms with Gasteiger partial charge in [0.2, 0.25) is 0 Å². The molecule has 4 nitrogen and oxygen atoms in total. The summed E-state index contributed by atoms with van der Waals surface area (Å²) in [5.74, 6) is 0.121. The van der Waals surface area contributed by atoms with Gasteiger partial charge in [-0.2, -0.15) is 5.10 Å². The molecular formula is C16H20N2O2. The average molecular weight is 272 g/mol. The molecule has 20 heavy (non-hydrogen) atoms. The van der Waals surface area contributed by atoms with Gasteiger partial charge in [-0.25, -0.2) is 5.43 Å². The first-order chi connectivity index (χ1) is 9.52. The van der Waals surface area contributed by atoms with Crippen molar-refractivity contribution in [1.82, 2.24) is 5.43 Å². The van der Waals surface area contributed by atoms with Crippen molar-refractivity contribution < 1.29 is 9.59 Å². The molecule has 0 saturated carbocycles. The van der Waals surface area contributed by atoms with Crippen molar-refractivity contribution in [2.45, 2.75) is 27.2 Å². The molecule has 0 bridgehead atoms. The number of hydrogen-bond donors (Lipinski definition) is 1. The molecule has 0 aliphatic rings. The van der Waals surface area contributed by atoms with E-state index in [1.165, 1.54) is 0 Å². The Balaban J connectivity index is 2.64. The van der Waals surface area contributed by atoms with E-state index in [0.717, 1.165) is 5.56 Å². The number of ketones is 1. The van der Waals surface area contributed by atoms with E-state index < -0.39 is 0 Å². The molecule has 0 heterocycles. The predicted octanol–water partition coefficient (Wildman–Crippen LogP) is 3.05. The SMILES string of the molecule is CCC(=O)/C=C/c1ccc(C(=O)N/N=C/C(C)C)cc1. The standard InChI is InChI=1S/C16H20N2O2/c1-4-15(19)10-7-13-5-8-14(9-6-13)16(20)18-17-11-12(2)3/h5-12H,4H2,1-3H3,(H,18,20)/b10-7+,17-11+. The Bertz CT molecular complexity index is 514. The van der Waals surface area contributed by atoms with Gasteiger partial charge in [-0.3, -0.25) is 9.59 Å². The first-order valence-corrected chi connectivity index (χ1v) is 6.67. The topological polar surface area (TPSA) is 58.5 Å². The maximum absolute atomic E-state index is 11.8. The Morgan fingerprint density at radius 1 is 1.25 bits per heavy atom. The lowest BCUT2D eigenvalue weighted by Gasteiger charge is -2.01. The minimum atomic E-state index is -0.248. The molecule has 0 aromatic heterocycles. The van der Waals surface area contributed by atoms with Gasteiger partial charge >= 0.3 is 0 Å². The molecule has 0 unspecified atom stereocenters. The van der Waals surface area contributed by atoms with Crippen LogP contribution in [0.25, 0.3) is 6.08 Å². The summed E-state index contributed by atoms with van der Waals surface area (Å²) in [6, 6.07) is 6.99. The lowest BCUT2D eigenvalue weighted by atomic mass is 10.1. The molecule has 0 radical (unpaired) electrons. The number of hydrazone groups is 1. The van der Waals surface area contributed by atoms with Crippen LogP contribution >= 0.6 is 0 Å². The molecule has 0 aliphatic heterocycles. The zero-order valence-electron chi connectivity index (χ0n) is 12.1.